The largest absolute Gasteiger partial charge is 0.458 e. The maximum Gasteiger partial charge on any atom is 0.348 e. The van der Waals surface area contributed by atoms with E-state index in [9.17, 15) is 14.4 Å². The minimum Gasteiger partial charge on any atom is -0.458 e. The molecule has 1 aliphatic carbocycles. The van der Waals surface area contributed by atoms with E-state index in [1.54, 1.807) is 31.2 Å². The highest BCUT2D eigenvalue weighted by molar-refractivity contribution is 7.20. The molecule has 2 aromatic heterocycles. The number of aromatic nitrogens is 2. The summed E-state index contributed by atoms with van der Waals surface area (Å²) in [4.78, 5) is 43.8. The minimum absolute atomic E-state index is 0.0712. The summed E-state index contributed by atoms with van der Waals surface area (Å²) < 4.78 is 12.7. The molecule has 1 saturated carbocycles. The molecule has 1 aliphatic rings. The Hall–Kier alpha value is -3.98. The number of anilines is 1. The number of rotatable bonds is 7. The molecular weight excluding hydrogens is 490 g/mol. The molecule has 4 aromatic rings. The molecular formula is C28H27N3O5S. The Morgan fingerprint density at radius 2 is 1.73 bits per heavy atom. The number of aryl methyl sites for hydroxylation is 1. The summed E-state index contributed by atoms with van der Waals surface area (Å²) in [5.41, 5.74) is 0.756. The van der Waals surface area contributed by atoms with Crippen LogP contribution in [0.4, 0.5) is 5.69 Å². The molecule has 190 valence electrons. The van der Waals surface area contributed by atoms with Gasteiger partial charge in [-0.1, -0.05) is 24.6 Å². The van der Waals surface area contributed by atoms with Crippen molar-refractivity contribution in [3.8, 4) is 11.5 Å². The van der Waals surface area contributed by atoms with Crippen LogP contribution in [-0.4, -0.2) is 27.5 Å². The van der Waals surface area contributed by atoms with Gasteiger partial charge in [0.25, 0.3) is 5.56 Å². The number of esters is 1. The lowest BCUT2D eigenvalue weighted by molar-refractivity contribution is -0.116. The zero-order valence-corrected chi connectivity index (χ0v) is 21.3. The number of amides is 1. The highest BCUT2D eigenvalue weighted by atomic mass is 32.1. The van der Waals surface area contributed by atoms with Crippen molar-refractivity contribution in [2.75, 3.05) is 5.32 Å². The van der Waals surface area contributed by atoms with Crippen molar-refractivity contribution in [2.45, 2.75) is 51.7 Å². The maximum atomic E-state index is 13.2. The topological polar surface area (TPSA) is 99.5 Å². The third-order valence-electron chi connectivity index (χ3n) is 6.36. The quantitative estimate of drug-likeness (QED) is 0.316. The van der Waals surface area contributed by atoms with Crippen molar-refractivity contribution in [3.05, 3.63) is 81.7 Å². The number of benzene rings is 2. The van der Waals surface area contributed by atoms with E-state index in [0.717, 1.165) is 42.8 Å². The molecule has 1 fully saturated rings. The van der Waals surface area contributed by atoms with Crippen molar-refractivity contribution >= 4 is 39.1 Å². The van der Waals surface area contributed by atoms with Gasteiger partial charge in [-0.25, -0.2) is 9.78 Å². The van der Waals surface area contributed by atoms with Gasteiger partial charge in [0.2, 0.25) is 5.91 Å². The lowest BCUT2D eigenvalue weighted by Crippen LogP contribution is -2.28. The van der Waals surface area contributed by atoms with Crippen LogP contribution in [0.25, 0.3) is 10.2 Å². The smallest absolute Gasteiger partial charge is 0.348 e. The van der Waals surface area contributed by atoms with E-state index < -0.39 is 5.97 Å². The Morgan fingerprint density at radius 1 is 1.03 bits per heavy atom. The van der Waals surface area contributed by atoms with E-state index in [0.29, 0.717) is 32.1 Å². The fourth-order valence-corrected chi connectivity index (χ4v) is 5.46. The molecule has 1 amide bonds. The lowest BCUT2D eigenvalue weighted by Gasteiger charge is -2.21. The third-order valence-corrected chi connectivity index (χ3v) is 7.54. The van der Waals surface area contributed by atoms with Gasteiger partial charge in [-0.3, -0.25) is 14.2 Å². The molecule has 2 heterocycles. The fraction of sp³-hybridized carbons (Fsp3) is 0.286. The summed E-state index contributed by atoms with van der Waals surface area (Å²) in [5.74, 6) is 0.581. The van der Waals surface area contributed by atoms with Crippen LogP contribution in [0.5, 0.6) is 11.5 Å². The number of fused-ring (bicyclic) bond motifs is 1. The monoisotopic (exact) mass is 517 g/mol. The highest BCUT2D eigenvalue weighted by Crippen LogP contribution is 2.29. The summed E-state index contributed by atoms with van der Waals surface area (Å²) in [5, 5.41) is 3.13. The average Bonchev–Trinajstić information content (AvgIpc) is 3.25. The zero-order chi connectivity index (χ0) is 25.8. The number of carbonyl (C=O) groups excluding carboxylic acids is 2. The molecule has 0 unspecified atom stereocenters. The molecule has 0 spiro atoms. The Morgan fingerprint density at radius 3 is 2.46 bits per heavy atom. The maximum absolute atomic E-state index is 13.2. The molecule has 1 N–H and O–H groups in total. The summed E-state index contributed by atoms with van der Waals surface area (Å²) >= 11 is 1.16. The summed E-state index contributed by atoms with van der Waals surface area (Å²) in [6, 6.07) is 16.4. The highest BCUT2D eigenvalue weighted by Gasteiger charge is 2.24. The van der Waals surface area contributed by atoms with Crippen LogP contribution >= 0.6 is 11.3 Å². The predicted octanol–water partition coefficient (Wildman–Crippen LogP) is 5.69. The van der Waals surface area contributed by atoms with Crippen molar-refractivity contribution < 1.29 is 19.1 Å². The number of thiophene rings is 1. The Labute approximate surface area is 217 Å². The number of ether oxygens (including phenoxy) is 2. The van der Waals surface area contributed by atoms with Crippen LogP contribution in [0, 0.1) is 6.92 Å². The molecule has 0 atom stereocenters. The second-order valence-corrected chi connectivity index (χ2v) is 10.1. The lowest BCUT2D eigenvalue weighted by atomic mass is 9.98. The normalized spacial score (nSPS) is 13.9. The summed E-state index contributed by atoms with van der Waals surface area (Å²) in [7, 11) is 0. The van der Waals surface area contributed by atoms with Gasteiger partial charge in [0, 0.05) is 5.69 Å². The second-order valence-electron chi connectivity index (χ2n) is 9.07. The van der Waals surface area contributed by atoms with Crippen LogP contribution in [0.1, 0.15) is 47.3 Å². The van der Waals surface area contributed by atoms with E-state index in [4.69, 9.17) is 9.47 Å². The van der Waals surface area contributed by atoms with Crippen LogP contribution < -0.4 is 15.6 Å². The average molecular weight is 518 g/mol. The number of hydrogen-bond acceptors (Lipinski definition) is 7. The van der Waals surface area contributed by atoms with Crippen molar-refractivity contribution in [1.82, 2.24) is 9.55 Å². The predicted molar refractivity (Wildman–Crippen MR) is 142 cm³/mol. The van der Waals surface area contributed by atoms with E-state index in [2.05, 4.69) is 10.3 Å². The standard InChI is InChI=1S/C28H27N3O5S/c1-18-24-26(37-25(18)28(34)36-21-10-6-3-7-11-21)29-17-31(27(24)33)16-23(32)30-19-12-14-22(15-13-19)35-20-8-4-2-5-9-20/h2,4-5,8-9,12-15,17,21H,3,6-7,10-11,16H2,1H3,(H,30,32). The van der Waals surface area contributed by atoms with Gasteiger partial charge in [-0.15, -0.1) is 11.3 Å². The van der Waals surface area contributed by atoms with Gasteiger partial charge in [-0.05, 0) is 74.6 Å². The molecule has 37 heavy (non-hydrogen) atoms. The molecule has 0 aliphatic heterocycles. The van der Waals surface area contributed by atoms with E-state index >= 15 is 0 Å². The minimum atomic E-state index is -0.407. The first kappa shape index (κ1) is 24.7. The van der Waals surface area contributed by atoms with Crippen molar-refractivity contribution in [3.63, 3.8) is 0 Å². The first-order valence-electron chi connectivity index (χ1n) is 12.3. The van der Waals surface area contributed by atoms with Crippen molar-refractivity contribution in [2.24, 2.45) is 0 Å². The number of para-hydroxylation sites is 1. The molecule has 0 radical (unpaired) electrons. The number of carbonyl (C=O) groups is 2. The van der Waals surface area contributed by atoms with E-state index in [-0.39, 0.29) is 24.1 Å². The molecule has 9 heteroatoms. The Bertz CT molecular complexity index is 1470. The van der Waals surface area contributed by atoms with Gasteiger partial charge in [-0.2, -0.15) is 0 Å². The Balaban J connectivity index is 1.26. The molecule has 8 nitrogen and oxygen atoms in total. The van der Waals surface area contributed by atoms with Gasteiger partial charge in [0.15, 0.2) is 0 Å². The number of hydrogen-bond donors (Lipinski definition) is 1. The molecule has 5 rings (SSSR count). The van der Waals surface area contributed by atoms with Gasteiger partial charge >= 0.3 is 5.97 Å². The molecule has 2 aromatic carbocycles. The van der Waals surface area contributed by atoms with E-state index in [1.165, 1.54) is 17.3 Å². The Kier molecular flexibility index (Phi) is 7.32. The SMILES string of the molecule is Cc1c(C(=O)OC2CCCCC2)sc2ncn(CC(=O)Nc3ccc(Oc4ccccc4)cc3)c(=O)c12. The third kappa shape index (κ3) is 5.72. The number of nitrogens with zero attached hydrogens (tertiary/aromatic N) is 2. The van der Waals surface area contributed by atoms with Crippen LogP contribution in [0.2, 0.25) is 0 Å². The van der Waals surface area contributed by atoms with Crippen LogP contribution in [0.3, 0.4) is 0 Å². The number of nitrogens with one attached hydrogen (secondary N) is 1. The van der Waals surface area contributed by atoms with Crippen molar-refractivity contribution in [1.29, 1.82) is 0 Å². The van der Waals surface area contributed by atoms with Gasteiger partial charge < -0.3 is 14.8 Å². The summed E-state index contributed by atoms with van der Waals surface area (Å²) in [6.45, 7) is 1.52. The van der Waals surface area contributed by atoms with Gasteiger partial charge in [0.1, 0.15) is 33.9 Å². The van der Waals surface area contributed by atoms with Crippen LogP contribution in [-0.2, 0) is 16.1 Å². The van der Waals surface area contributed by atoms with Gasteiger partial charge in [0.05, 0.1) is 11.7 Å². The zero-order valence-electron chi connectivity index (χ0n) is 20.4. The summed E-state index contributed by atoms with van der Waals surface area (Å²) in [6.07, 6.45) is 6.30. The molecule has 0 bridgehead atoms. The molecule has 0 saturated heterocycles. The second kappa shape index (κ2) is 11.0. The first-order valence-corrected chi connectivity index (χ1v) is 13.1. The fourth-order valence-electron chi connectivity index (χ4n) is 4.44. The van der Waals surface area contributed by atoms with Crippen LogP contribution in [0.15, 0.2) is 65.7 Å². The first-order chi connectivity index (χ1) is 18.0. The van der Waals surface area contributed by atoms with E-state index in [1.807, 2.05) is 30.3 Å².